The summed E-state index contributed by atoms with van der Waals surface area (Å²) in [6.45, 7) is 1.52. The van der Waals surface area contributed by atoms with E-state index in [9.17, 15) is 13.2 Å². The Morgan fingerprint density at radius 2 is 1.62 bits per heavy atom. The highest BCUT2D eigenvalue weighted by atomic mass is 79.9. The predicted octanol–water partition coefficient (Wildman–Crippen LogP) is 4.21. The van der Waals surface area contributed by atoms with E-state index in [4.69, 9.17) is 0 Å². The lowest BCUT2D eigenvalue weighted by molar-refractivity contribution is 0.101. The van der Waals surface area contributed by atoms with Crippen LogP contribution in [0.5, 0.6) is 0 Å². The van der Waals surface area contributed by atoms with Gasteiger partial charge in [-0.1, -0.05) is 27.7 Å². The van der Waals surface area contributed by atoms with Gasteiger partial charge in [-0.25, -0.2) is 8.42 Å². The molecule has 0 unspecified atom stereocenters. The third kappa shape index (κ3) is 4.18. The van der Waals surface area contributed by atoms with E-state index in [1.807, 2.05) is 12.1 Å². The van der Waals surface area contributed by atoms with Gasteiger partial charge in [0, 0.05) is 26.1 Å². The molecule has 0 amide bonds. The maximum atomic E-state index is 11.4. The summed E-state index contributed by atoms with van der Waals surface area (Å²) >= 11 is 4.89. The van der Waals surface area contributed by atoms with Crippen LogP contribution in [0.3, 0.4) is 0 Å². The quantitative estimate of drug-likeness (QED) is 0.740. The van der Waals surface area contributed by atoms with Gasteiger partial charge in [0.05, 0.1) is 4.90 Å². The van der Waals surface area contributed by atoms with Crippen molar-refractivity contribution in [2.24, 2.45) is 0 Å². The van der Waals surface area contributed by atoms with Gasteiger partial charge in [0.1, 0.15) is 0 Å². The second kappa shape index (κ2) is 6.34. The maximum Gasteiger partial charge on any atom is 0.175 e. The van der Waals surface area contributed by atoms with Crippen LogP contribution in [-0.4, -0.2) is 20.5 Å². The molecule has 3 nitrogen and oxygen atoms in total. The van der Waals surface area contributed by atoms with Crippen LogP contribution in [-0.2, 0) is 9.84 Å². The molecule has 0 aliphatic rings. The molecular formula is C15H13BrO3S2. The van der Waals surface area contributed by atoms with Crippen LogP contribution in [0.4, 0.5) is 0 Å². The molecule has 0 N–H and O–H groups in total. The number of carbonyl (C=O) groups is 1. The van der Waals surface area contributed by atoms with E-state index in [-0.39, 0.29) is 5.78 Å². The minimum atomic E-state index is -3.17. The zero-order valence-corrected chi connectivity index (χ0v) is 14.7. The summed E-state index contributed by atoms with van der Waals surface area (Å²) in [5, 5.41) is 0. The van der Waals surface area contributed by atoms with Crippen LogP contribution in [0.2, 0.25) is 0 Å². The Labute approximate surface area is 136 Å². The lowest BCUT2D eigenvalue weighted by Gasteiger charge is -2.06. The molecule has 0 aliphatic carbocycles. The highest BCUT2D eigenvalue weighted by molar-refractivity contribution is 9.10. The standard InChI is InChI=1S/C15H13BrO3S2/c1-10(17)14-8-5-12(9-15(14)16)20-11-3-6-13(7-4-11)21(2,18)19/h3-9H,1-2H3. The number of halogens is 1. The SMILES string of the molecule is CC(=O)c1ccc(Sc2ccc(S(C)(=O)=O)cc2)cc1Br. The van der Waals surface area contributed by atoms with E-state index in [0.29, 0.717) is 10.5 Å². The van der Waals surface area contributed by atoms with Crippen molar-refractivity contribution in [1.29, 1.82) is 0 Å². The minimum Gasteiger partial charge on any atom is -0.294 e. The Morgan fingerprint density at radius 3 is 2.10 bits per heavy atom. The molecule has 2 aromatic carbocycles. The second-order valence-corrected chi connectivity index (χ2v) is 8.56. The van der Waals surface area contributed by atoms with Crippen molar-refractivity contribution in [2.45, 2.75) is 21.6 Å². The summed E-state index contributed by atoms with van der Waals surface area (Å²) in [5.41, 5.74) is 0.645. The predicted molar refractivity (Wildman–Crippen MR) is 87.8 cm³/mol. The van der Waals surface area contributed by atoms with Crippen molar-refractivity contribution in [3.05, 3.63) is 52.5 Å². The monoisotopic (exact) mass is 384 g/mol. The number of rotatable bonds is 4. The Hall–Kier alpha value is -1.11. The number of hydrogen-bond acceptors (Lipinski definition) is 4. The summed E-state index contributed by atoms with van der Waals surface area (Å²) in [6, 6.07) is 12.3. The van der Waals surface area contributed by atoms with Gasteiger partial charge in [-0.15, -0.1) is 0 Å². The summed E-state index contributed by atoms with van der Waals surface area (Å²) in [5.74, 6) is 0.0101. The molecule has 2 aromatic rings. The minimum absolute atomic E-state index is 0.0101. The normalized spacial score (nSPS) is 11.4. The molecule has 0 saturated heterocycles. The molecule has 0 spiro atoms. The number of Topliss-reactive ketones (excluding diaryl/α,β-unsaturated/α-hetero) is 1. The smallest absolute Gasteiger partial charge is 0.175 e. The van der Waals surface area contributed by atoms with Gasteiger partial charge >= 0.3 is 0 Å². The third-order valence-corrected chi connectivity index (χ3v) is 5.59. The van der Waals surface area contributed by atoms with Crippen LogP contribution in [0, 0.1) is 0 Å². The zero-order valence-electron chi connectivity index (χ0n) is 11.5. The fourth-order valence-corrected chi connectivity index (χ4v) is 4.03. The van der Waals surface area contributed by atoms with Crippen LogP contribution in [0.15, 0.2) is 61.6 Å². The van der Waals surface area contributed by atoms with Crippen molar-refractivity contribution in [2.75, 3.05) is 6.26 Å². The van der Waals surface area contributed by atoms with Crippen molar-refractivity contribution in [3.63, 3.8) is 0 Å². The molecule has 110 valence electrons. The highest BCUT2D eigenvalue weighted by Gasteiger charge is 2.09. The molecule has 6 heteroatoms. The number of benzene rings is 2. The molecule has 0 bridgehead atoms. The Balaban J connectivity index is 2.23. The maximum absolute atomic E-state index is 11.4. The van der Waals surface area contributed by atoms with Crippen LogP contribution < -0.4 is 0 Å². The highest BCUT2D eigenvalue weighted by Crippen LogP contribution is 2.31. The van der Waals surface area contributed by atoms with Crippen molar-refractivity contribution >= 4 is 43.3 Å². The van der Waals surface area contributed by atoms with E-state index in [1.165, 1.54) is 24.9 Å². The Kier molecular flexibility index (Phi) is 4.91. The fourth-order valence-electron chi connectivity index (χ4n) is 1.74. The average Bonchev–Trinajstić information content (AvgIpc) is 2.38. The molecule has 0 fully saturated rings. The Bertz CT molecular complexity index is 781. The fraction of sp³-hybridized carbons (Fsp3) is 0.133. The number of hydrogen-bond donors (Lipinski definition) is 0. The van der Waals surface area contributed by atoms with E-state index in [1.54, 1.807) is 30.3 Å². The van der Waals surface area contributed by atoms with Crippen LogP contribution >= 0.6 is 27.7 Å². The van der Waals surface area contributed by atoms with E-state index < -0.39 is 9.84 Å². The molecule has 2 rings (SSSR count). The largest absolute Gasteiger partial charge is 0.294 e. The first-order valence-electron chi connectivity index (χ1n) is 6.06. The molecule has 0 heterocycles. The van der Waals surface area contributed by atoms with E-state index in [0.717, 1.165) is 14.3 Å². The molecule has 0 aliphatic heterocycles. The van der Waals surface area contributed by atoms with Gasteiger partial charge < -0.3 is 0 Å². The topological polar surface area (TPSA) is 51.2 Å². The zero-order chi connectivity index (χ0) is 15.6. The van der Waals surface area contributed by atoms with Gasteiger partial charge in [0.15, 0.2) is 15.6 Å². The molecular weight excluding hydrogens is 372 g/mol. The first-order chi connectivity index (χ1) is 9.77. The summed E-state index contributed by atoms with van der Waals surface area (Å²) in [6.07, 6.45) is 1.19. The van der Waals surface area contributed by atoms with E-state index >= 15 is 0 Å². The lowest BCUT2D eigenvalue weighted by atomic mass is 10.2. The van der Waals surface area contributed by atoms with Crippen LogP contribution in [0.1, 0.15) is 17.3 Å². The van der Waals surface area contributed by atoms with Crippen LogP contribution in [0.25, 0.3) is 0 Å². The van der Waals surface area contributed by atoms with Gasteiger partial charge in [0.25, 0.3) is 0 Å². The van der Waals surface area contributed by atoms with Crippen molar-refractivity contribution in [1.82, 2.24) is 0 Å². The van der Waals surface area contributed by atoms with Crippen molar-refractivity contribution in [3.8, 4) is 0 Å². The average molecular weight is 385 g/mol. The van der Waals surface area contributed by atoms with Gasteiger partial charge in [-0.05, 0) is 49.4 Å². The molecule has 0 aromatic heterocycles. The lowest BCUT2D eigenvalue weighted by Crippen LogP contribution is -1.96. The third-order valence-electron chi connectivity index (χ3n) is 2.81. The summed E-state index contributed by atoms with van der Waals surface area (Å²) in [4.78, 5) is 13.6. The molecule has 0 saturated carbocycles. The number of ketones is 1. The molecule has 0 radical (unpaired) electrons. The molecule has 21 heavy (non-hydrogen) atoms. The molecule has 0 atom stereocenters. The second-order valence-electron chi connectivity index (χ2n) is 4.54. The summed E-state index contributed by atoms with van der Waals surface area (Å²) < 4.78 is 23.6. The van der Waals surface area contributed by atoms with Gasteiger partial charge in [0.2, 0.25) is 0 Å². The van der Waals surface area contributed by atoms with Gasteiger partial charge in [-0.3, -0.25) is 4.79 Å². The first kappa shape index (κ1) is 16.3. The first-order valence-corrected chi connectivity index (χ1v) is 9.56. The number of sulfone groups is 1. The van der Waals surface area contributed by atoms with E-state index in [2.05, 4.69) is 15.9 Å². The van der Waals surface area contributed by atoms with Crippen molar-refractivity contribution < 1.29 is 13.2 Å². The summed E-state index contributed by atoms with van der Waals surface area (Å²) in [7, 11) is -3.17. The van der Waals surface area contributed by atoms with Gasteiger partial charge in [-0.2, -0.15) is 0 Å². The Morgan fingerprint density at radius 1 is 1.05 bits per heavy atom. The number of carbonyl (C=O) groups excluding carboxylic acids is 1.